The Hall–Kier alpha value is -3.02. The normalized spacial score (nSPS) is 10.6. The molecule has 24 heavy (non-hydrogen) atoms. The molecule has 0 fully saturated rings. The van der Waals surface area contributed by atoms with Crippen LogP contribution in [-0.4, -0.2) is 36.3 Å². The first-order valence-electron chi connectivity index (χ1n) is 7.51. The summed E-state index contributed by atoms with van der Waals surface area (Å²) in [6, 6.07) is 12.8. The average molecular weight is 326 g/mol. The van der Waals surface area contributed by atoms with Gasteiger partial charge in [-0.25, -0.2) is 9.78 Å². The number of hydrogen-bond donors (Lipinski definition) is 0. The van der Waals surface area contributed by atoms with Gasteiger partial charge in [-0.2, -0.15) is 0 Å². The highest BCUT2D eigenvalue weighted by Gasteiger charge is 2.11. The van der Waals surface area contributed by atoms with Crippen molar-refractivity contribution >= 4 is 17.0 Å². The summed E-state index contributed by atoms with van der Waals surface area (Å²) >= 11 is 0. The minimum atomic E-state index is -0.420. The first-order chi connectivity index (χ1) is 11.7. The highest BCUT2D eigenvalue weighted by atomic mass is 16.5. The van der Waals surface area contributed by atoms with Crippen LogP contribution >= 0.6 is 0 Å². The third-order valence-corrected chi connectivity index (χ3v) is 3.68. The van der Waals surface area contributed by atoms with E-state index >= 15 is 0 Å². The lowest BCUT2D eigenvalue weighted by atomic mass is 10.2. The molecule has 0 N–H and O–H groups in total. The van der Waals surface area contributed by atoms with E-state index in [2.05, 4.69) is 4.98 Å². The second-order valence-electron chi connectivity index (χ2n) is 5.16. The van der Waals surface area contributed by atoms with E-state index in [1.807, 2.05) is 28.8 Å². The van der Waals surface area contributed by atoms with Crippen LogP contribution in [0.15, 0.2) is 48.8 Å². The van der Waals surface area contributed by atoms with Crippen LogP contribution in [0.2, 0.25) is 0 Å². The number of ether oxygens (including phenoxy) is 3. The molecule has 0 aliphatic carbocycles. The number of esters is 1. The number of para-hydroxylation sites is 2. The summed E-state index contributed by atoms with van der Waals surface area (Å²) in [6.45, 7) is 0.784. The van der Waals surface area contributed by atoms with Crippen LogP contribution in [0.5, 0.6) is 11.5 Å². The van der Waals surface area contributed by atoms with Crippen LogP contribution in [0.25, 0.3) is 11.0 Å². The molecule has 0 aliphatic rings. The third kappa shape index (κ3) is 3.32. The van der Waals surface area contributed by atoms with E-state index in [-0.39, 0.29) is 6.61 Å². The van der Waals surface area contributed by atoms with Crippen molar-refractivity contribution in [1.29, 1.82) is 0 Å². The topological polar surface area (TPSA) is 62.6 Å². The first kappa shape index (κ1) is 15.9. The summed E-state index contributed by atoms with van der Waals surface area (Å²) in [5.41, 5.74) is 2.32. The Labute approximate surface area is 139 Å². The number of rotatable bonds is 6. The monoisotopic (exact) mass is 326 g/mol. The SMILES string of the molecule is COc1cc(OC)cc(C(=O)OCCn2cnc3ccccc32)c1. The molecule has 6 nitrogen and oxygen atoms in total. The largest absolute Gasteiger partial charge is 0.497 e. The maximum Gasteiger partial charge on any atom is 0.338 e. The Morgan fingerprint density at radius 2 is 1.79 bits per heavy atom. The third-order valence-electron chi connectivity index (χ3n) is 3.68. The Kier molecular flexibility index (Phi) is 4.65. The fourth-order valence-electron chi connectivity index (χ4n) is 2.43. The smallest absolute Gasteiger partial charge is 0.338 e. The van der Waals surface area contributed by atoms with Gasteiger partial charge in [0.2, 0.25) is 0 Å². The van der Waals surface area contributed by atoms with E-state index < -0.39 is 5.97 Å². The van der Waals surface area contributed by atoms with Gasteiger partial charge in [0.25, 0.3) is 0 Å². The first-order valence-corrected chi connectivity index (χ1v) is 7.51. The molecule has 124 valence electrons. The van der Waals surface area contributed by atoms with Crippen LogP contribution < -0.4 is 9.47 Å². The zero-order valence-electron chi connectivity index (χ0n) is 13.6. The Bertz CT molecular complexity index is 835. The van der Waals surface area contributed by atoms with Crippen LogP contribution in [-0.2, 0) is 11.3 Å². The number of aromatic nitrogens is 2. The molecule has 1 heterocycles. The van der Waals surface area contributed by atoms with Crippen LogP contribution in [0.1, 0.15) is 10.4 Å². The van der Waals surface area contributed by atoms with Crippen molar-refractivity contribution < 1.29 is 19.0 Å². The molecule has 0 unspecified atom stereocenters. The fraction of sp³-hybridized carbons (Fsp3) is 0.222. The van der Waals surface area contributed by atoms with Gasteiger partial charge in [-0.15, -0.1) is 0 Å². The van der Waals surface area contributed by atoms with Gasteiger partial charge < -0.3 is 18.8 Å². The predicted octanol–water partition coefficient (Wildman–Crippen LogP) is 2.91. The van der Waals surface area contributed by atoms with Crippen molar-refractivity contribution in [2.45, 2.75) is 6.54 Å². The fourth-order valence-corrected chi connectivity index (χ4v) is 2.43. The lowest BCUT2D eigenvalue weighted by Crippen LogP contribution is -2.11. The second-order valence-corrected chi connectivity index (χ2v) is 5.16. The summed E-state index contributed by atoms with van der Waals surface area (Å²) in [5, 5.41) is 0. The van der Waals surface area contributed by atoms with Gasteiger partial charge in [0.05, 0.1) is 43.7 Å². The molecule has 0 atom stereocenters. The molecule has 3 aromatic rings. The van der Waals surface area contributed by atoms with Gasteiger partial charge >= 0.3 is 5.97 Å². The summed E-state index contributed by atoms with van der Waals surface area (Å²) in [4.78, 5) is 16.5. The zero-order chi connectivity index (χ0) is 16.9. The van der Waals surface area contributed by atoms with Crippen molar-refractivity contribution in [3.63, 3.8) is 0 Å². The van der Waals surface area contributed by atoms with Crippen molar-refractivity contribution in [2.24, 2.45) is 0 Å². The predicted molar refractivity (Wildman–Crippen MR) is 89.6 cm³/mol. The Balaban J connectivity index is 1.65. The van der Waals surface area contributed by atoms with E-state index in [4.69, 9.17) is 14.2 Å². The molecular weight excluding hydrogens is 308 g/mol. The quantitative estimate of drug-likeness (QED) is 0.652. The van der Waals surface area contributed by atoms with Crippen molar-refractivity contribution in [3.8, 4) is 11.5 Å². The summed E-state index contributed by atoms with van der Waals surface area (Å²) in [7, 11) is 3.07. The van der Waals surface area contributed by atoms with E-state index in [9.17, 15) is 4.79 Å². The molecule has 0 radical (unpaired) electrons. The van der Waals surface area contributed by atoms with Crippen molar-refractivity contribution in [1.82, 2.24) is 9.55 Å². The summed E-state index contributed by atoms with van der Waals surface area (Å²) in [5.74, 6) is 0.667. The Morgan fingerprint density at radius 3 is 2.50 bits per heavy atom. The number of imidazole rings is 1. The molecule has 0 spiro atoms. The van der Waals surface area contributed by atoms with Crippen LogP contribution in [0.3, 0.4) is 0 Å². The van der Waals surface area contributed by atoms with E-state index in [1.165, 1.54) is 14.2 Å². The standard InChI is InChI=1S/C18H18N2O4/c1-22-14-9-13(10-15(11-14)23-2)18(21)24-8-7-20-12-19-16-5-3-4-6-17(16)20/h3-6,9-12H,7-8H2,1-2H3. The maximum atomic E-state index is 12.2. The molecule has 0 saturated carbocycles. The zero-order valence-corrected chi connectivity index (χ0v) is 13.6. The lowest BCUT2D eigenvalue weighted by Gasteiger charge is -2.09. The average Bonchev–Trinajstić information content (AvgIpc) is 3.04. The summed E-state index contributed by atoms with van der Waals surface area (Å²) < 4.78 is 17.6. The minimum Gasteiger partial charge on any atom is -0.497 e. The molecule has 6 heteroatoms. The number of nitrogens with zero attached hydrogens (tertiary/aromatic N) is 2. The number of benzene rings is 2. The molecule has 3 rings (SSSR count). The number of methoxy groups -OCH3 is 2. The molecule has 0 bridgehead atoms. The van der Waals surface area contributed by atoms with Crippen LogP contribution in [0, 0.1) is 0 Å². The van der Waals surface area contributed by atoms with Gasteiger partial charge in [0.1, 0.15) is 18.1 Å². The number of carbonyl (C=O) groups is 1. The van der Waals surface area contributed by atoms with E-state index in [1.54, 1.807) is 24.5 Å². The number of fused-ring (bicyclic) bond motifs is 1. The minimum absolute atomic E-state index is 0.249. The Morgan fingerprint density at radius 1 is 1.08 bits per heavy atom. The van der Waals surface area contributed by atoms with Gasteiger partial charge in [0, 0.05) is 6.07 Å². The molecule has 2 aromatic carbocycles. The highest BCUT2D eigenvalue weighted by molar-refractivity contribution is 5.90. The van der Waals surface area contributed by atoms with E-state index in [0.29, 0.717) is 23.6 Å². The summed E-state index contributed by atoms with van der Waals surface area (Å²) in [6.07, 6.45) is 1.74. The van der Waals surface area contributed by atoms with Crippen molar-refractivity contribution in [3.05, 3.63) is 54.4 Å². The molecule has 0 aliphatic heterocycles. The molecular formula is C18H18N2O4. The maximum absolute atomic E-state index is 12.2. The molecule has 1 aromatic heterocycles. The van der Waals surface area contributed by atoms with Gasteiger partial charge in [-0.3, -0.25) is 0 Å². The number of carbonyl (C=O) groups excluding carboxylic acids is 1. The van der Waals surface area contributed by atoms with Gasteiger partial charge in [-0.1, -0.05) is 12.1 Å². The number of hydrogen-bond acceptors (Lipinski definition) is 5. The molecule has 0 saturated heterocycles. The van der Waals surface area contributed by atoms with Crippen molar-refractivity contribution in [2.75, 3.05) is 20.8 Å². The van der Waals surface area contributed by atoms with Gasteiger partial charge in [0.15, 0.2) is 0 Å². The lowest BCUT2D eigenvalue weighted by molar-refractivity contribution is 0.0491. The molecule has 0 amide bonds. The van der Waals surface area contributed by atoms with Gasteiger partial charge in [-0.05, 0) is 24.3 Å². The second kappa shape index (κ2) is 7.04. The van der Waals surface area contributed by atoms with E-state index in [0.717, 1.165) is 11.0 Å². The highest BCUT2D eigenvalue weighted by Crippen LogP contribution is 2.23. The van der Waals surface area contributed by atoms with Crippen LogP contribution in [0.4, 0.5) is 0 Å².